The topological polar surface area (TPSA) is 23.8 Å². The van der Waals surface area contributed by atoms with Crippen molar-refractivity contribution >= 4 is 23.2 Å². The molecule has 0 saturated carbocycles. The van der Waals surface area contributed by atoms with Gasteiger partial charge in [0.1, 0.15) is 4.49 Å². The first-order valence-corrected chi connectivity index (χ1v) is 2.60. The molecule has 0 rings (SSSR count). The van der Waals surface area contributed by atoms with Crippen molar-refractivity contribution in [3.63, 3.8) is 0 Å². The fourth-order valence-corrected chi connectivity index (χ4v) is 0.309. The normalized spacial score (nSPS) is 8.62. The Balaban J connectivity index is 3.63. The molecule has 0 atom stereocenters. The third-order valence-electron chi connectivity index (χ3n) is 0.393. The van der Waals surface area contributed by atoms with Crippen LogP contribution in [0.4, 0.5) is 0 Å². The van der Waals surface area contributed by atoms with Crippen molar-refractivity contribution in [2.45, 2.75) is 0 Å². The minimum Gasteiger partial charge on any atom is -0.193 e. The van der Waals surface area contributed by atoms with Crippen molar-refractivity contribution < 1.29 is 0 Å². The maximum absolute atomic E-state index is 7.93. The number of allylic oxidation sites excluding steroid dienone is 3. The second-order valence-corrected chi connectivity index (χ2v) is 1.95. The fraction of sp³-hybridized carbons (Fsp3) is 0. The molecule has 0 aliphatic carbocycles. The molecule has 0 aromatic carbocycles. The fourth-order valence-electron chi connectivity index (χ4n) is 0.164. The Morgan fingerprint density at radius 1 is 1.50 bits per heavy atom. The van der Waals surface area contributed by atoms with Crippen LogP contribution in [0.2, 0.25) is 0 Å². The summed E-state index contributed by atoms with van der Waals surface area (Å²) in [6.45, 7) is 0. The molecule has 0 aliphatic heterocycles. The molecule has 0 aliphatic rings. The highest BCUT2D eigenvalue weighted by Crippen LogP contribution is 2.04. The number of halogens is 2. The smallest absolute Gasteiger partial charge is 0.106 e. The molecule has 0 amide bonds. The van der Waals surface area contributed by atoms with E-state index in [1.54, 1.807) is 6.07 Å². The van der Waals surface area contributed by atoms with E-state index in [4.69, 9.17) is 28.5 Å². The molecule has 1 nitrogen and oxygen atoms in total. The van der Waals surface area contributed by atoms with Gasteiger partial charge in [-0.25, -0.2) is 0 Å². The maximum Gasteiger partial charge on any atom is 0.106 e. The van der Waals surface area contributed by atoms with Crippen molar-refractivity contribution in [2.75, 3.05) is 0 Å². The minimum absolute atomic E-state index is 0.150. The third kappa shape index (κ3) is 5.55. The van der Waals surface area contributed by atoms with Crippen LogP contribution in [0.3, 0.4) is 0 Å². The van der Waals surface area contributed by atoms with Gasteiger partial charge in [-0.2, -0.15) is 5.26 Å². The first kappa shape index (κ1) is 7.55. The molecule has 0 aromatic heterocycles. The van der Waals surface area contributed by atoms with Gasteiger partial charge in [0.2, 0.25) is 0 Å². The van der Waals surface area contributed by atoms with Crippen molar-refractivity contribution in [1.29, 1.82) is 5.26 Å². The lowest BCUT2D eigenvalue weighted by atomic mass is 10.5. The summed E-state index contributed by atoms with van der Waals surface area (Å²) >= 11 is 10.4. The highest BCUT2D eigenvalue weighted by molar-refractivity contribution is 6.55. The van der Waals surface area contributed by atoms with Crippen LogP contribution in [-0.4, -0.2) is 0 Å². The Morgan fingerprint density at radius 3 is 2.50 bits per heavy atom. The van der Waals surface area contributed by atoms with E-state index in [2.05, 4.69) is 0 Å². The Morgan fingerprint density at radius 2 is 2.12 bits per heavy atom. The molecule has 0 radical (unpaired) electrons. The van der Waals surface area contributed by atoms with Crippen molar-refractivity contribution in [3.05, 3.63) is 22.7 Å². The predicted molar refractivity (Wildman–Crippen MR) is 34.5 cm³/mol. The maximum atomic E-state index is 7.93. The highest BCUT2D eigenvalue weighted by Gasteiger charge is 1.73. The Bertz CT molecular complexity index is 148. The summed E-state index contributed by atoms with van der Waals surface area (Å²) in [7, 11) is 0. The van der Waals surface area contributed by atoms with E-state index in [1.165, 1.54) is 18.2 Å². The van der Waals surface area contributed by atoms with E-state index in [0.717, 1.165) is 0 Å². The lowest BCUT2D eigenvalue weighted by Crippen LogP contribution is -1.49. The van der Waals surface area contributed by atoms with E-state index in [9.17, 15) is 0 Å². The van der Waals surface area contributed by atoms with Gasteiger partial charge in [0.05, 0.1) is 6.07 Å². The van der Waals surface area contributed by atoms with Crippen LogP contribution in [0.15, 0.2) is 22.7 Å². The summed E-state index contributed by atoms with van der Waals surface area (Å²) in [4.78, 5) is 0. The quantitative estimate of drug-likeness (QED) is 0.413. The number of nitrogens with zero attached hydrogens (tertiary/aromatic N) is 1. The summed E-state index contributed by atoms with van der Waals surface area (Å²) in [5.41, 5.74) is 0. The molecule has 0 bridgehead atoms. The van der Waals surface area contributed by atoms with Crippen LogP contribution in [0.25, 0.3) is 0 Å². The molecule has 0 spiro atoms. The lowest BCUT2D eigenvalue weighted by molar-refractivity contribution is 1.53. The zero-order chi connectivity index (χ0) is 6.41. The van der Waals surface area contributed by atoms with Crippen LogP contribution in [0, 0.1) is 11.3 Å². The summed E-state index contributed by atoms with van der Waals surface area (Å²) in [5.74, 6) is 0. The van der Waals surface area contributed by atoms with E-state index >= 15 is 0 Å². The van der Waals surface area contributed by atoms with E-state index in [-0.39, 0.29) is 4.49 Å². The zero-order valence-electron chi connectivity index (χ0n) is 3.94. The van der Waals surface area contributed by atoms with Gasteiger partial charge in [-0.1, -0.05) is 23.2 Å². The molecule has 0 aromatic rings. The van der Waals surface area contributed by atoms with Gasteiger partial charge < -0.3 is 0 Å². The SMILES string of the molecule is N#CC=CC=C(Cl)Cl. The molecule has 0 fully saturated rings. The van der Waals surface area contributed by atoms with Crippen LogP contribution < -0.4 is 0 Å². The highest BCUT2D eigenvalue weighted by atomic mass is 35.5. The largest absolute Gasteiger partial charge is 0.193 e. The molecule has 42 valence electrons. The average Bonchev–Trinajstić information content (AvgIpc) is 1.66. The molecule has 8 heavy (non-hydrogen) atoms. The molecule has 3 heteroatoms. The molecule has 0 N–H and O–H groups in total. The standard InChI is InChI=1S/C5H3Cl2N/c6-5(7)3-1-2-4-8/h1-3H. The van der Waals surface area contributed by atoms with Crippen molar-refractivity contribution in [2.24, 2.45) is 0 Å². The van der Waals surface area contributed by atoms with Crippen LogP contribution in [-0.2, 0) is 0 Å². The van der Waals surface area contributed by atoms with Gasteiger partial charge in [0.15, 0.2) is 0 Å². The van der Waals surface area contributed by atoms with Gasteiger partial charge in [-0.3, -0.25) is 0 Å². The third-order valence-corrected chi connectivity index (χ3v) is 0.645. The summed E-state index contributed by atoms with van der Waals surface area (Å²) in [6, 6.07) is 1.78. The Kier molecular flexibility index (Phi) is 4.44. The van der Waals surface area contributed by atoms with E-state index in [1.807, 2.05) is 0 Å². The van der Waals surface area contributed by atoms with Gasteiger partial charge in [0.25, 0.3) is 0 Å². The van der Waals surface area contributed by atoms with Crippen molar-refractivity contribution in [1.82, 2.24) is 0 Å². The average molecular weight is 148 g/mol. The number of nitriles is 1. The van der Waals surface area contributed by atoms with Gasteiger partial charge >= 0.3 is 0 Å². The molecule has 0 heterocycles. The minimum atomic E-state index is 0.150. The Hall–Kier alpha value is -0.450. The van der Waals surface area contributed by atoms with Gasteiger partial charge in [-0.05, 0) is 12.2 Å². The van der Waals surface area contributed by atoms with Crippen LogP contribution in [0.5, 0.6) is 0 Å². The number of hydrogen-bond acceptors (Lipinski definition) is 1. The van der Waals surface area contributed by atoms with Crippen molar-refractivity contribution in [3.8, 4) is 6.07 Å². The monoisotopic (exact) mass is 147 g/mol. The summed E-state index contributed by atoms with van der Waals surface area (Å²) < 4.78 is 0.150. The lowest BCUT2D eigenvalue weighted by Gasteiger charge is -1.71. The van der Waals surface area contributed by atoms with Crippen LogP contribution in [0.1, 0.15) is 0 Å². The number of rotatable bonds is 1. The van der Waals surface area contributed by atoms with Gasteiger partial charge in [-0.15, -0.1) is 0 Å². The first-order chi connectivity index (χ1) is 3.77. The number of hydrogen-bond donors (Lipinski definition) is 0. The second kappa shape index (κ2) is 4.70. The molecular weight excluding hydrogens is 145 g/mol. The molecule has 0 saturated heterocycles. The second-order valence-electron chi connectivity index (χ2n) is 0.945. The predicted octanol–water partition coefficient (Wildman–Crippen LogP) is 2.39. The first-order valence-electron chi connectivity index (χ1n) is 1.85. The zero-order valence-corrected chi connectivity index (χ0v) is 5.45. The molecule has 0 unspecified atom stereocenters. The Labute approximate surface area is 57.8 Å². The molecular formula is C5H3Cl2N. The summed E-state index contributed by atoms with van der Waals surface area (Å²) in [6.07, 6.45) is 4.17. The van der Waals surface area contributed by atoms with E-state index < -0.39 is 0 Å². The van der Waals surface area contributed by atoms with Gasteiger partial charge in [0, 0.05) is 6.08 Å². The van der Waals surface area contributed by atoms with Crippen LogP contribution >= 0.6 is 23.2 Å². The van der Waals surface area contributed by atoms with E-state index in [0.29, 0.717) is 0 Å². The summed E-state index contributed by atoms with van der Waals surface area (Å²) in [5, 5.41) is 7.93.